The SMILES string of the molecule is CCC1CCCC1Nc1cc(OC)ccc1Cl. The van der Waals surface area contributed by atoms with E-state index >= 15 is 0 Å². The lowest BCUT2D eigenvalue weighted by molar-refractivity contribution is 0.415. The van der Waals surface area contributed by atoms with E-state index in [0.29, 0.717) is 6.04 Å². The van der Waals surface area contributed by atoms with Gasteiger partial charge in [-0.05, 0) is 30.9 Å². The molecule has 0 heterocycles. The fourth-order valence-corrected chi connectivity index (χ4v) is 2.83. The van der Waals surface area contributed by atoms with Gasteiger partial charge in [-0.15, -0.1) is 0 Å². The minimum atomic E-state index is 0.560. The molecule has 0 aliphatic heterocycles. The van der Waals surface area contributed by atoms with Gasteiger partial charge in [-0.2, -0.15) is 0 Å². The number of halogens is 1. The quantitative estimate of drug-likeness (QED) is 0.862. The van der Waals surface area contributed by atoms with Crippen LogP contribution in [0.4, 0.5) is 5.69 Å². The first-order chi connectivity index (χ1) is 8.24. The second kappa shape index (κ2) is 5.63. The molecule has 0 amide bonds. The van der Waals surface area contributed by atoms with Crippen LogP contribution in [-0.2, 0) is 0 Å². The van der Waals surface area contributed by atoms with Crippen LogP contribution in [0, 0.1) is 5.92 Å². The fourth-order valence-electron chi connectivity index (χ4n) is 2.66. The summed E-state index contributed by atoms with van der Waals surface area (Å²) in [6.45, 7) is 2.26. The highest BCUT2D eigenvalue weighted by atomic mass is 35.5. The van der Waals surface area contributed by atoms with Crippen LogP contribution in [0.25, 0.3) is 0 Å². The summed E-state index contributed by atoms with van der Waals surface area (Å²) in [5.74, 6) is 1.63. The molecule has 2 unspecified atom stereocenters. The molecule has 3 heteroatoms. The molecule has 0 spiro atoms. The molecule has 0 bridgehead atoms. The zero-order valence-electron chi connectivity index (χ0n) is 10.5. The monoisotopic (exact) mass is 253 g/mol. The van der Waals surface area contributed by atoms with Gasteiger partial charge in [0.25, 0.3) is 0 Å². The third-order valence-electron chi connectivity index (χ3n) is 3.70. The van der Waals surface area contributed by atoms with E-state index in [-0.39, 0.29) is 0 Å². The number of nitrogens with one attached hydrogen (secondary N) is 1. The molecular formula is C14H20ClNO. The van der Waals surface area contributed by atoms with Gasteiger partial charge in [-0.1, -0.05) is 31.4 Å². The third kappa shape index (κ3) is 2.86. The van der Waals surface area contributed by atoms with Crippen molar-refractivity contribution in [3.8, 4) is 5.75 Å². The Labute approximate surface area is 108 Å². The van der Waals surface area contributed by atoms with E-state index in [1.807, 2.05) is 18.2 Å². The first kappa shape index (κ1) is 12.6. The Kier molecular flexibility index (Phi) is 4.16. The number of anilines is 1. The van der Waals surface area contributed by atoms with Crippen molar-refractivity contribution in [2.75, 3.05) is 12.4 Å². The molecular weight excluding hydrogens is 234 g/mol. The Morgan fingerprint density at radius 2 is 2.24 bits per heavy atom. The fraction of sp³-hybridized carbons (Fsp3) is 0.571. The Hall–Kier alpha value is -0.890. The molecule has 0 radical (unpaired) electrons. The molecule has 1 fully saturated rings. The summed E-state index contributed by atoms with van der Waals surface area (Å²) in [5, 5.41) is 4.34. The molecule has 1 aromatic rings. The molecule has 94 valence electrons. The minimum absolute atomic E-state index is 0.560. The van der Waals surface area contributed by atoms with E-state index in [1.54, 1.807) is 7.11 Å². The van der Waals surface area contributed by atoms with E-state index < -0.39 is 0 Å². The van der Waals surface area contributed by atoms with Crippen molar-refractivity contribution in [3.63, 3.8) is 0 Å². The van der Waals surface area contributed by atoms with Gasteiger partial charge in [-0.3, -0.25) is 0 Å². The van der Waals surface area contributed by atoms with Gasteiger partial charge in [0.2, 0.25) is 0 Å². The predicted octanol–water partition coefficient (Wildman–Crippen LogP) is 4.34. The van der Waals surface area contributed by atoms with E-state index in [2.05, 4.69) is 12.2 Å². The van der Waals surface area contributed by atoms with Crippen LogP contribution < -0.4 is 10.1 Å². The molecule has 2 atom stereocenters. The summed E-state index contributed by atoms with van der Waals surface area (Å²) >= 11 is 6.20. The van der Waals surface area contributed by atoms with Gasteiger partial charge in [0.05, 0.1) is 17.8 Å². The van der Waals surface area contributed by atoms with Crippen LogP contribution in [-0.4, -0.2) is 13.2 Å². The first-order valence-corrected chi connectivity index (χ1v) is 6.72. The Bertz CT molecular complexity index is 380. The number of benzene rings is 1. The topological polar surface area (TPSA) is 21.3 Å². The molecule has 0 saturated heterocycles. The standard InChI is InChI=1S/C14H20ClNO/c1-3-10-5-4-6-13(10)16-14-9-11(17-2)7-8-12(14)15/h7-10,13,16H,3-6H2,1-2H3. The number of rotatable bonds is 4. The summed E-state index contributed by atoms with van der Waals surface area (Å²) in [6.07, 6.45) is 5.12. The van der Waals surface area contributed by atoms with Crippen molar-refractivity contribution < 1.29 is 4.74 Å². The molecule has 0 aromatic heterocycles. The Morgan fingerprint density at radius 3 is 2.94 bits per heavy atom. The smallest absolute Gasteiger partial charge is 0.121 e. The number of ether oxygens (including phenoxy) is 1. The van der Waals surface area contributed by atoms with Crippen LogP contribution in [0.3, 0.4) is 0 Å². The number of hydrogen-bond acceptors (Lipinski definition) is 2. The van der Waals surface area contributed by atoms with Crippen molar-refractivity contribution in [2.45, 2.75) is 38.6 Å². The highest BCUT2D eigenvalue weighted by Crippen LogP contribution is 2.34. The average Bonchev–Trinajstić information content (AvgIpc) is 2.79. The Morgan fingerprint density at radius 1 is 1.41 bits per heavy atom. The van der Waals surface area contributed by atoms with Crippen LogP contribution >= 0.6 is 11.6 Å². The molecule has 1 saturated carbocycles. The van der Waals surface area contributed by atoms with Crippen LogP contribution in [0.2, 0.25) is 5.02 Å². The molecule has 1 N–H and O–H groups in total. The van der Waals surface area contributed by atoms with Crippen LogP contribution in [0.15, 0.2) is 18.2 Å². The van der Waals surface area contributed by atoms with Crippen molar-refractivity contribution >= 4 is 17.3 Å². The van der Waals surface area contributed by atoms with Crippen LogP contribution in [0.5, 0.6) is 5.75 Å². The summed E-state index contributed by atoms with van der Waals surface area (Å²) in [7, 11) is 1.68. The molecule has 2 rings (SSSR count). The highest BCUT2D eigenvalue weighted by molar-refractivity contribution is 6.33. The van der Waals surface area contributed by atoms with Crippen molar-refractivity contribution in [3.05, 3.63) is 23.2 Å². The zero-order chi connectivity index (χ0) is 12.3. The third-order valence-corrected chi connectivity index (χ3v) is 4.03. The van der Waals surface area contributed by atoms with Crippen molar-refractivity contribution in [1.82, 2.24) is 0 Å². The molecule has 2 nitrogen and oxygen atoms in total. The van der Waals surface area contributed by atoms with E-state index in [1.165, 1.54) is 25.7 Å². The lowest BCUT2D eigenvalue weighted by Crippen LogP contribution is -2.23. The van der Waals surface area contributed by atoms with Crippen molar-refractivity contribution in [2.24, 2.45) is 5.92 Å². The lowest BCUT2D eigenvalue weighted by atomic mass is 10.0. The Balaban J connectivity index is 2.12. The average molecular weight is 254 g/mol. The summed E-state index contributed by atoms with van der Waals surface area (Å²) in [4.78, 5) is 0. The van der Waals surface area contributed by atoms with E-state index in [0.717, 1.165) is 22.4 Å². The number of methoxy groups -OCH3 is 1. The maximum atomic E-state index is 6.20. The largest absolute Gasteiger partial charge is 0.497 e. The predicted molar refractivity (Wildman–Crippen MR) is 73.0 cm³/mol. The number of hydrogen-bond donors (Lipinski definition) is 1. The summed E-state index contributed by atoms with van der Waals surface area (Å²) < 4.78 is 5.23. The first-order valence-electron chi connectivity index (χ1n) is 6.34. The lowest BCUT2D eigenvalue weighted by Gasteiger charge is -2.21. The van der Waals surface area contributed by atoms with E-state index in [9.17, 15) is 0 Å². The van der Waals surface area contributed by atoms with Gasteiger partial charge in [0.15, 0.2) is 0 Å². The van der Waals surface area contributed by atoms with Gasteiger partial charge in [0.1, 0.15) is 5.75 Å². The summed E-state index contributed by atoms with van der Waals surface area (Å²) in [6, 6.07) is 6.32. The highest BCUT2D eigenvalue weighted by Gasteiger charge is 2.25. The van der Waals surface area contributed by atoms with Gasteiger partial charge < -0.3 is 10.1 Å². The molecule has 1 aliphatic carbocycles. The summed E-state index contributed by atoms with van der Waals surface area (Å²) in [5.41, 5.74) is 0.997. The molecule has 1 aromatic carbocycles. The van der Waals surface area contributed by atoms with E-state index in [4.69, 9.17) is 16.3 Å². The second-order valence-electron chi connectivity index (χ2n) is 4.70. The maximum absolute atomic E-state index is 6.20. The van der Waals surface area contributed by atoms with Gasteiger partial charge in [-0.25, -0.2) is 0 Å². The maximum Gasteiger partial charge on any atom is 0.121 e. The van der Waals surface area contributed by atoms with Crippen LogP contribution in [0.1, 0.15) is 32.6 Å². The minimum Gasteiger partial charge on any atom is -0.497 e. The molecule has 17 heavy (non-hydrogen) atoms. The second-order valence-corrected chi connectivity index (χ2v) is 5.10. The van der Waals surface area contributed by atoms with Crippen molar-refractivity contribution in [1.29, 1.82) is 0 Å². The van der Waals surface area contributed by atoms with Gasteiger partial charge >= 0.3 is 0 Å². The zero-order valence-corrected chi connectivity index (χ0v) is 11.3. The molecule has 1 aliphatic rings. The van der Waals surface area contributed by atoms with Gasteiger partial charge in [0, 0.05) is 12.1 Å². The normalized spacial score (nSPS) is 23.7.